The number of allylic oxidation sites excluding steroid dienone is 1. The van der Waals surface area contributed by atoms with Crippen LogP contribution in [0.5, 0.6) is 5.75 Å². The molecule has 0 fully saturated rings. The van der Waals surface area contributed by atoms with E-state index in [-0.39, 0.29) is 5.75 Å². The summed E-state index contributed by atoms with van der Waals surface area (Å²) in [7, 11) is 0. The minimum atomic E-state index is 0.212. The predicted octanol–water partition coefficient (Wildman–Crippen LogP) is 4.66. The molecule has 3 nitrogen and oxygen atoms in total. The number of hydrogen-bond donors (Lipinski definition) is 1. The molecule has 0 amide bonds. The van der Waals surface area contributed by atoms with Crippen molar-refractivity contribution in [2.75, 3.05) is 0 Å². The van der Waals surface area contributed by atoms with Crippen molar-refractivity contribution in [3.63, 3.8) is 0 Å². The monoisotopic (exact) mass is 310 g/mol. The lowest BCUT2D eigenvalue weighted by Gasteiger charge is -1.97. The highest BCUT2D eigenvalue weighted by Gasteiger charge is 2.07. The van der Waals surface area contributed by atoms with Crippen LogP contribution in [0.25, 0.3) is 16.3 Å². The van der Waals surface area contributed by atoms with Crippen molar-refractivity contribution < 1.29 is 5.11 Å². The number of aromatic hydroxyl groups is 1. The van der Waals surface area contributed by atoms with E-state index in [4.69, 9.17) is 0 Å². The van der Waals surface area contributed by atoms with E-state index in [1.165, 1.54) is 11.8 Å². The molecule has 5 heteroatoms. The molecule has 0 aliphatic rings. The lowest BCUT2D eigenvalue weighted by molar-refractivity contribution is 0.475. The van der Waals surface area contributed by atoms with E-state index >= 15 is 0 Å². The number of para-hydroxylation sites is 1. The number of phenols is 1. The van der Waals surface area contributed by atoms with Gasteiger partial charge in [0, 0.05) is 0 Å². The molecule has 1 N–H and O–H groups in total. The second-order valence-corrected chi connectivity index (χ2v) is 6.58. The van der Waals surface area contributed by atoms with Gasteiger partial charge in [0.25, 0.3) is 0 Å². The highest BCUT2D eigenvalue weighted by molar-refractivity contribution is 8.05. The number of nitriles is 1. The van der Waals surface area contributed by atoms with Crippen molar-refractivity contribution in [2.24, 2.45) is 0 Å². The molecule has 21 heavy (non-hydrogen) atoms. The minimum Gasteiger partial charge on any atom is -0.508 e. The Morgan fingerprint density at radius 2 is 1.95 bits per heavy atom. The van der Waals surface area contributed by atoms with Gasteiger partial charge < -0.3 is 5.11 Å². The molecule has 102 valence electrons. The van der Waals surface area contributed by atoms with Gasteiger partial charge in [0.15, 0.2) is 4.34 Å². The lowest BCUT2D eigenvalue weighted by atomic mass is 10.2. The first-order valence-corrected chi connectivity index (χ1v) is 7.82. The van der Waals surface area contributed by atoms with Gasteiger partial charge in [-0.25, -0.2) is 4.98 Å². The van der Waals surface area contributed by atoms with Gasteiger partial charge in [-0.2, -0.15) is 5.26 Å². The molecule has 0 unspecified atom stereocenters. The zero-order chi connectivity index (χ0) is 14.7. The van der Waals surface area contributed by atoms with Crippen LogP contribution in [0, 0.1) is 11.3 Å². The molecule has 2 aromatic carbocycles. The molecule has 0 atom stereocenters. The van der Waals surface area contributed by atoms with Crippen LogP contribution in [0.15, 0.2) is 57.8 Å². The molecule has 0 aliphatic carbocycles. The molecular weight excluding hydrogens is 300 g/mol. The van der Waals surface area contributed by atoms with Crippen molar-refractivity contribution in [2.45, 2.75) is 4.34 Å². The maximum absolute atomic E-state index is 9.27. The van der Waals surface area contributed by atoms with E-state index in [9.17, 15) is 10.4 Å². The molecule has 0 bridgehead atoms. The summed E-state index contributed by atoms with van der Waals surface area (Å²) < 4.78 is 1.96. The summed E-state index contributed by atoms with van der Waals surface area (Å²) in [6, 6.07) is 16.8. The van der Waals surface area contributed by atoms with Crippen molar-refractivity contribution in [3.05, 3.63) is 59.0 Å². The van der Waals surface area contributed by atoms with E-state index in [2.05, 4.69) is 11.1 Å². The number of nitrogens with zero attached hydrogens (tertiary/aromatic N) is 2. The fraction of sp³-hybridized carbons (Fsp3) is 0. The van der Waals surface area contributed by atoms with Crippen molar-refractivity contribution in [3.8, 4) is 11.8 Å². The normalized spacial score (nSPS) is 11.5. The summed E-state index contributed by atoms with van der Waals surface area (Å²) in [4.78, 5) is 5.07. The van der Waals surface area contributed by atoms with E-state index in [1.54, 1.807) is 41.7 Å². The number of benzene rings is 2. The average Bonchev–Trinajstić information content (AvgIpc) is 2.91. The third-order valence-corrected chi connectivity index (χ3v) is 4.80. The minimum absolute atomic E-state index is 0.212. The van der Waals surface area contributed by atoms with Gasteiger partial charge in [-0.15, -0.1) is 11.3 Å². The second kappa shape index (κ2) is 6.00. The van der Waals surface area contributed by atoms with Crippen LogP contribution in [0.3, 0.4) is 0 Å². The first-order chi connectivity index (χ1) is 10.2. The van der Waals surface area contributed by atoms with Gasteiger partial charge >= 0.3 is 0 Å². The zero-order valence-electron chi connectivity index (χ0n) is 10.9. The maximum atomic E-state index is 9.27. The summed E-state index contributed by atoms with van der Waals surface area (Å²) in [5.74, 6) is 0.212. The number of phenolic OH excluding ortho intramolecular Hbond substituents is 1. The SMILES string of the molecule is N#C/C(=C/c1ccc(O)cc1)Sc1nc2ccccc2s1. The number of aromatic nitrogens is 1. The first-order valence-electron chi connectivity index (χ1n) is 6.19. The second-order valence-electron chi connectivity index (χ2n) is 4.26. The number of thioether (sulfide) groups is 1. The molecule has 3 aromatic rings. The first kappa shape index (κ1) is 13.7. The lowest BCUT2D eigenvalue weighted by Crippen LogP contribution is -1.76. The average molecular weight is 310 g/mol. The van der Waals surface area contributed by atoms with Gasteiger partial charge in [-0.05, 0) is 47.7 Å². The fourth-order valence-electron chi connectivity index (χ4n) is 1.80. The van der Waals surface area contributed by atoms with Crippen molar-refractivity contribution in [1.29, 1.82) is 5.26 Å². The Kier molecular flexibility index (Phi) is 3.91. The molecular formula is C16H10N2OS2. The molecule has 0 spiro atoms. The molecule has 1 heterocycles. The largest absolute Gasteiger partial charge is 0.508 e. The van der Waals surface area contributed by atoms with Gasteiger partial charge in [0.2, 0.25) is 0 Å². The van der Waals surface area contributed by atoms with E-state index in [0.29, 0.717) is 4.91 Å². The summed E-state index contributed by atoms with van der Waals surface area (Å²) in [5, 5.41) is 18.5. The Bertz CT molecular complexity index is 812. The molecule has 0 radical (unpaired) electrons. The Balaban J connectivity index is 1.87. The van der Waals surface area contributed by atoms with E-state index < -0.39 is 0 Å². The summed E-state index contributed by atoms with van der Waals surface area (Å²) in [5.41, 5.74) is 1.82. The molecule has 1 aromatic heterocycles. The van der Waals surface area contributed by atoms with Crippen molar-refractivity contribution in [1.82, 2.24) is 4.98 Å². The standard InChI is InChI=1S/C16H10N2OS2/c17-10-13(9-11-5-7-12(19)8-6-11)20-16-18-14-3-1-2-4-15(14)21-16/h1-9,19H/b13-9-. The third-order valence-electron chi connectivity index (χ3n) is 2.77. The highest BCUT2D eigenvalue weighted by Crippen LogP contribution is 2.34. The number of fused-ring (bicyclic) bond motifs is 1. The molecule has 3 rings (SSSR count). The summed E-state index contributed by atoms with van der Waals surface area (Å²) in [6.45, 7) is 0. The number of rotatable bonds is 3. The Morgan fingerprint density at radius 3 is 2.67 bits per heavy atom. The van der Waals surface area contributed by atoms with Crippen LogP contribution >= 0.6 is 23.1 Å². The van der Waals surface area contributed by atoms with Crippen LogP contribution in [0.4, 0.5) is 0 Å². The highest BCUT2D eigenvalue weighted by atomic mass is 32.2. The molecule has 0 saturated heterocycles. The Hall–Kier alpha value is -2.29. The van der Waals surface area contributed by atoms with Gasteiger partial charge in [-0.1, -0.05) is 24.3 Å². The van der Waals surface area contributed by atoms with Crippen molar-refractivity contribution >= 4 is 39.4 Å². The quantitative estimate of drug-likeness (QED) is 0.564. The van der Waals surface area contributed by atoms with E-state index in [0.717, 1.165) is 20.1 Å². The summed E-state index contributed by atoms with van der Waals surface area (Å²) in [6.07, 6.45) is 1.79. The van der Waals surface area contributed by atoms with Crippen LogP contribution in [0.2, 0.25) is 0 Å². The van der Waals surface area contributed by atoms with E-state index in [1.807, 2.05) is 24.3 Å². The van der Waals surface area contributed by atoms with Crippen LogP contribution in [-0.4, -0.2) is 10.1 Å². The van der Waals surface area contributed by atoms with Crippen LogP contribution in [0.1, 0.15) is 5.56 Å². The molecule has 0 saturated carbocycles. The number of hydrogen-bond acceptors (Lipinski definition) is 5. The molecule has 0 aliphatic heterocycles. The smallest absolute Gasteiger partial charge is 0.156 e. The third kappa shape index (κ3) is 3.24. The topological polar surface area (TPSA) is 56.9 Å². The van der Waals surface area contributed by atoms with Crippen LogP contribution in [-0.2, 0) is 0 Å². The van der Waals surface area contributed by atoms with Gasteiger partial charge in [-0.3, -0.25) is 0 Å². The zero-order valence-corrected chi connectivity index (χ0v) is 12.5. The fourth-order valence-corrected chi connectivity index (χ4v) is 3.77. The summed E-state index contributed by atoms with van der Waals surface area (Å²) >= 11 is 2.93. The predicted molar refractivity (Wildman–Crippen MR) is 87.2 cm³/mol. The van der Waals surface area contributed by atoms with Crippen LogP contribution < -0.4 is 0 Å². The van der Waals surface area contributed by atoms with Gasteiger partial charge in [0.1, 0.15) is 11.8 Å². The Labute approximate surface area is 130 Å². The van der Waals surface area contributed by atoms with Gasteiger partial charge in [0.05, 0.1) is 15.1 Å². The number of thiazole rings is 1. The maximum Gasteiger partial charge on any atom is 0.156 e. The Morgan fingerprint density at radius 1 is 1.19 bits per heavy atom.